The van der Waals surface area contributed by atoms with Crippen LogP contribution in [0.5, 0.6) is 5.88 Å². The van der Waals surface area contributed by atoms with Gasteiger partial charge >= 0.3 is 6.03 Å². The standard InChI is InChI=1S/C21H25N5O3/c1-16-4-6-17(7-5-16)26-12-11-25(21(26)28)15-20(27)24-10-2-3-18(14-24)29-19-13-22-8-9-23-19/h4-9,13,18H,2-3,10-12,14-15H2,1H3/t18-/m1/s1. The van der Waals surface area contributed by atoms with Gasteiger partial charge in [-0.15, -0.1) is 0 Å². The lowest BCUT2D eigenvalue weighted by Gasteiger charge is -2.33. The molecule has 0 radical (unpaired) electrons. The van der Waals surface area contributed by atoms with E-state index in [1.54, 1.807) is 33.3 Å². The van der Waals surface area contributed by atoms with Crippen molar-refractivity contribution < 1.29 is 14.3 Å². The molecule has 3 amide bonds. The van der Waals surface area contributed by atoms with E-state index in [0.717, 1.165) is 24.1 Å². The van der Waals surface area contributed by atoms with Crippen LogP contribution < -0.4 is 9.64 Å². The minimum Gasteiger partial charge on any atom is -0.471 e. The third-order valence-electron chi connectivity index (χ3n) is 5.32. The van der Waals surface area contributed by atoms with E-state index >= 15 is 0 Å². The first-order chi connectivity index (χ1) is 14.1. The number of nitrogens with zero attached hydrogens (tertiary/aromatic N) is 5. The normalized spacial score (nSPS) is 19.6. The van der Waals surface area contributed by atoms with Crippen LogP contribution >= 0.6 is 0 Å². The van der Waals surface area contributed by atoms with Crippen LogP contribution in [0.2, 0.25) is 0 Å². The second-order valence-electron chi connectivity index (χ2n) is 7.46. The van der Waals surface area contributed by atoms with Gasteiger partial charge in [0.05, 0.1) is 12.7 Å². The van der Waals surface area contributed by atoms with E-state index in [9.17, 15) is 9.59 Å². The molecule has 1 atom stereocenters. The summed E-state index contributed by atoms with van der Waals surface area (Å²) in [7, 11) is 0. The summed E-state index contributed by atoms with van der Waals surface area (Å²) >= 11 is 0. The van der Waals surface area contributed by atoms with Gasteiger partial charge in [-0.05, 0) is 31.9 Å². The molecule has 0 bridgehead atoms. The van der Waals surface area contributed by atoms with Gasteiger partial charge in [0.1, 0.15) is 12.6 Å². The molecule has 1 aromatic heterocycles. The highest BCUT2D eigenvalue weighted by molar-refractivity contribution is 5.96. The van der Waals surface area contributed by atoms with E-state index in [-0.39, 0.29) is 24.6 Å². The molecule has 152 valence electrons. The van der Waals surface area contributed by atoms with Crippen molar-refractivity contribution in [3.8, 4) is 5.88 Å². The Labute approximate surface area is 170 Å². The first-order valence-electron chi connectivity index (χ1n) is 9.94. The summed E-state index contributed by atoms with van der Waals surface area (Å²) in [6.07, 6.45) is 6.37. The van der Waals surface area contributed by atoms with E-state index in [0.29, 0.717) is 32.1 Å². The number of aryl methyl sites for hydroxylation is 1. The van der Waals surface area contributed by atoms with Gasteiger partial charge in [-0.3, -0.25) is 14.7 Å². The average molecular weight is 395 g/mol. The van der Waals surface area contributed by atoms with E-state index < -0.39 is 0 Å². The Bertz CT molecular complexity index is 858. The van der Waals surface area contributed by atoms with Gasteiger partial charge in [0, 0.05) is 37.7 Å². The Morgan fingerprint density at radius 1 is 1.17 bits per heavy atom. The maximum absolute atomic E-state index is 12.8. The maximum Gasteiger partial charge on any atom is 0.325 e. The largest absolute Gasteiger partial charge is 0.471 e. The topological polar surface area (TPSA) is 78.9 Å². The lowest BCUT2D eigenvalue weighted by Crippen LogP contribution is -2.48. The van der Waals surface area contributed by atoms with E-state index in [4.69, 9.17) is 4.74 Å². The molecular formula is C21H25N5O3. The summed E-state index contributed by atoms with van der Waals surface area (Å²) in [5, 5.41) is 0. The molecule has 0 spiro atoms. The minimum atomic E-state index is -0.119. The van der Waals surface area contributed by atoms with Crippen molar-refractivity contribution in [3.63, 3.8) is 0 Å². The highest BCUT2D eigenvalue weighted by Crippen LogP contribution is 2.21. The zero-order valence-corrected chi connectivity index (χ0v) is 16.5. The number of hydrogen-bond donors (Lipinski definition) is 0. The molecule has 4 rings (SSSR count). The van der Waals surface area contributed by atoms with Crippen LogP contribution in [-0.2, 0) is 4.79 Å². The number of urea groups is 1. The molecule has 2 aliphatic rings. The zero-order valence-electron chi connectivity index (χ0n) is 16.5. The fourth-order valence-electron chi connectivity index (χ4n) is 3.73. The van der Waals surface area contributed by atoms with Crippen molar-refractivity contribution >= 4 is 17.6 Å². The average Bonchev–Trinajstić information content (AvgIpc) is 3.10. The van der Waals surface area contributed by atoms with Crippen molar-refractivity contribution in [1.82, 2.24) is 19.8 Å². The van der Waals surface area contributed by atoms with Crippen molar-refractivity contribution in [1.29, 1.82) is 0 Å². The van der Waals surface area contributed by atoms with Gasteiger partial charge in [-0.2, -0.15) is 0 Å². The summed E-state index contributed by atoms with van der Waals surface area (Å²) in [4.78, 5) is 38.8. The number of piperidine rings is 1. The van der Waals surface area contributed by atoms with E-state index in [1.165, 1.54) is 0 Å². The summed E-state index contributed by atoms with van der Waals surface area (Å²) in [6.45, 7) is 4.43. The van der Waals surface area contributed by atoms with Crippen LogP contribution in [0.1, 0.15) is 18.4 Å². The van der Waals surface area contributed by atoms with Gasteiger partial charge in [-0.1, -0.05) is 17.7 Å². The molecule has 8 nitrogen and oxygen atoms in total. The zero-order chi connectivity index (χ0) is 20.2. The Hall–Kier alpha value is -3.16. The van der Waals surface area contributed by atoms with Crippen molar-refractivity contribution in [3.05, 3.63) is 48.4 Å². The number of ether oxygens (including phenoxy) is 1. The van der Waals surface area contributed by atoms with Crippen molar-refractivity contribution in [2.75, 3.05) is 37.6 Å². The molecule has 1 aromatic carbocycles. The molecule has 2 aliphatic heterocycles. The molecule has 2 fully saturated rings. The summed E-state index contributed by atoms with van der Waals surface area (Å²) in [6, 6.07) is 7.74. The first kappa shape index (κ1) is 19.2. The van der Waals surface area contributed by atoms with Crippen LogP contribution in [0.15, 0.2) is 42.9 Å². The van der Waals surface area contributed by atoms with Crippen LogP contribution in [0.25, 0.3) is 0 Å². The smallest absolute Gasteiger partial charge is 0.325 e. The van der Waals surface area contributed by atoms with E-state index in [2.05, 4.69) is 9.97 Å². The first-order valence-corrected chi connectivity index (χ1v) is 9.94. The number of aromatic nitrogens is 2. The number of amides is 3. The van der Waals surface area contributed by atoms with Gasteiger partial charge < -0.3 is 14.5 Å². The van der Waals surface area contributed by atoms with Crippen LogP contribution in [0.4, 0.5) is 10.5 Å². The minimum absolute atomic E-state index is 0.0449. The molecule has 0 aliphatic carbocycles. The monoisotopic (exact) mass is 395 g/mol. The SMILES string of the molecule is Cc1ccc(N2CCN(CC(=O)N3CCC[C@@H](Oc4cnccn4)C3)C2=O)cc1. The quantitative estimate of drug-likeness (QED) is 0.775. The number of hydrogen-bond acceptors (Lipinski definition) is 5. The van der Waals surface area contributed by atoms with E-state index in [1.807, 2.05) is 31.2 Å². The Morgan fingerprint density at radius 2 is 2.00 bits per heavy atom. The lowest BCUT2D eigenvalue weighted by molar-refractivity contribution is -0.134. The molecule has 8 heteroatoms. The second kappa shape index (κ2) is 8.46. The summed E-state index contributed by atoms with van der Waals surface area (Å²) < 4.78 is 5.86. The fraction of sp³-hybridized carbons (Fsp3) is 0.429. The predicted octanol–water partition coefficient (Wildman–Crippen LogP) is 2.10. The molecule has 29 heavy (non-hydrogen) atoms. The molecule has 2 aromatic rings. The lowest BCUT2D eigenvalue weighted by atomic mass is 10.1. The molecule has 0 saturated carbocycles. The number of likely N-dealkylation sites (tertiary alicyclic amines) is 1. The number of rotatable bonds is 5. The van der Waals surface area contributed by atoms with Gasteiger partial charge in [0.15, 0.2) is 0 Å². The molecule has 0 unspecified atom stereocenters. The van der Waals surface area contributed by atoms with Crippen molar-refractivity contribution in [2.45, 2.75) is 25.9 Å². The van der Waals surface area contributed by atoms with Crippen LogP contribution in [0.3, 0.4) is 0 Å². The molecular weight excluding hydrogens is 370 g/mol. The summed E-state index contributed by atoms with van der Waals surface area (Å²) in [5.41, 5.74) is 2.02. The molecule has 3 heterocycles. The predicted molar refractivity (Wildman–Crippen MR) is 108 cm³/mol. The highest BCUT2D eigenvalue weighted by Gasteiger charge is 2.33. The number of anilines is 1. The van der Waals surface area contributed by atoms with Gasteiger partial charge in [0.25, 0.3) is 0 Å². The van der Waals surface area contributed by atoms with Crippen LogP contribution in [0, 0.1) is 6.92 Å². The molecule has 0 N–H and O–H groups in total. The van der Waals surface area contributed by atoms with Gasteiger partial charge in [-0.25, -0.2) is 9.78 Å². The number of carbonyl (C=O) groups excluding carboxylic acids is 2. The second-order valence-corrected chi connectivity index (χ2v) is 7.46. The Balaban J connectivity index is 1.33. The number of benzene rings is 1. The fourth-order valence-corrected chi connectivity index (χ4v) is 3.73. The van der Waals surface area contributed by atoms with Crippen LogP contribution in [-0.4, -0.2) is 70.5 Å². The number of carbonyl (C=O) groups is 2. The molecule has 2 saturated heterocycles. The Kier molecular flexibility index (Phi) is 5.59. The maximum atomic E-state index is 12.8. The third-order valence-corrected chi connectivity index (χ3v) is 5.32. The van der Waals surface area contributed by atoms with Gasteiger partial charge in [0.2, 0.25) is 11.8 Å². The third kappa shape index (κ3) is 4.47. The van der Waals surface area contributed by atoms with Crippen molar-refractivity contribution in [2.24, 2.45) is 0 Å². The highest BCUT2D eigenvalue weighted by atomic mass is 16.5. The summed E-state index contributed by atoms with van der Waals surface area (Å²) in [5.74, 6) is 0.423. The Morgan fingerprint density at radius 3 is 2.76 bits per heavy atom.